The zero-order chi connectivity index (χ0) is 22.0. The highest BCUT2D eigenvalue weighted by Gasteiger charge is 2.61. The second-order valence-electron chi connectivity index (χ2n) is 7.40. The lowest BCUT2D eigenvalue weighted by atomic mass is 9.94. The lowest BCUT2D eigenvalue weighted by molar-refractivity contribution is -0.162. The topological polar surface area (TPSA) is 70.0 Å². The van der Waals surface area contributed by atoms with Crippen molar-refractivity contribution in [2.24, 2.45) is 0 Å². The Morgan fingerprint density at radius 2 is 1.58 bits per heavy atom. The van der Waals surface area contributed by atoms with E-state index >= 15 is 0 Å². The first-order chi connectivity index (χ1) is 15.0. The van der Waals surface area contributed by atoms with Gasteiger partial charge in [-0.05, 0) is 36.8 Å². The number of ether oxygens (including phenoxy) is 2. The van der Waals surface area contributed by atoms with E-state index in [0.29, 0.717) is 5.69 Å². The molecular formula is C24H24N2O5. The van der Waals surface area contributed by atoms with Gasteiger partial charge in [-0.1, -0.05) is 48.0 Å². The fourth-order valence-corrected chi connectivity index (χ4v) is 3.95. The van der Waals surface area contributed by atoms with Gasteiger partial charge in [-0.15, -0.1) is 0 Å². The second-order valence-corrected chi connectivity index (χ2v) is 7.40. The molecule has 7 heteroatoms. The summed E-state index contributed by atoms with van der Waals surface area (Å²) in [5.74, 6) is -1.48. The highest BCUT2D eigenvalue weighted by molar-refractivity contribution is 6.08. The Morgan fingerprint density at radius 3 is 2.19 bits per heavy atom. The minimum atomic E-state index is -1.78. The molecule has 1 saturated heterocycles. The maximum absolute atomic E-state index is 13.0. The van der Waals surface area contributed by atoms with Gasteiger partial charge >= 0.3 is 11.9 Å². The standard InChI is InChI=1S/C24H24N2O5/c1-17-11-13-19(14-12-17)26-24(22(27)29-2,23(28)30-3)16-21(31-26)25-15-7-10-20(25)18-8-5-4-6-9-18/h4-15,21H,16H2,1-3H3. The van der Waals surface area contributed by atoms with E-state index < -0.39 is 23.7 Å². The molecule has 1 aliphatic rings. The summed E-state index contributed by atoms with van der Waals surface area (Å²) in [5.41, 5.74) is 1.71. The smallest absolute Gasteiger partial charge is 0.346 e. The minimum Gasteiger partial charge on any atom is -0.467 e. The van der Waals surface area contributed by atoms with Crippen LogP contribution in [0, 0.1) is 6.92 Å². The second kappa shape index (κ2) is 8.28. The highest BCUT2D eigenvalue weighted by atomic mass is 16.7. The first-order valence-electron chi connectivity index (χ1n) is 9.94. The van der Waals surface area contributed by atoms with E-state index in [1.165, 1.54) is 19.3 Å². The predicted octanol–water partition coefficient (Wildman–Crippen LogP) is 3.89. The zero-order valence-corrected chi connectivity index (χ0v) is 17.6. The molecule has 1 fully saturated rings. The number of methoxy groups -OCH3 is 2. The lowest BCUT2D eigenvalue weighted by Crippen LogP contribution is -2.57. The van der Waals surface area contributed by atoms with Gasteiger partial charge in [-0.2, -0.15) is 0 Å². The summed E-state index contributed by atoms with van der Waals surface area (Å²) in [5, 5.41) is 1.32. The van der Waals surface area contributed by atoms with Gasteiger partial charge in [0, 0.05) is 12.6 Å². The van der Waals surface area contributed by atoms with Crippen LogP contribution in [0.2, 0.25) is 0 Å². The van der Waals surface area contributed by atoms with E-state index in [0.717, 1.165) is 16.8 Å². The number of aryl methyl sites for hydroxylation is 1. The van der Waals surface area contributed by atoms with Crippen molar-refractivity contribution >= 4 is 17.6 Å². The maximum Gasteiger partial charge on any atom is 0.346 e. The van der Waals surface area contributed by atoms with Gasteiger partial charge in [0.15, 0.2) is 6.23 Å². The summed E-state index contributed by atoms with van der Waals surface area (Å²) in [6.07, 6.45) is 1.25. The molecule has 0 spiro atoms. The molecule has 1 atom stereocenters. The van der Waals surface area contributed by atoms with Crippen molar-refractivity contribution < 1.29 is 23.9 Å². The molecule has 0 N–H and O–H groups in total. The van der Waals surface area contributed by atoms with E-state index in [-0.39, 0.29) is 6.42 Å². The summed E-state index contributed by atoms with van der Waals surface area (Å²) in [6, 6.07) is 21.1. The van der Waals surface area contributed by atoms with Gasteiger partial charge in [0.1, 0.15) is 0 Å². The fourth-order valence-electron chi connectivity index (χ4n) is 3.95. The maximum atomic E-state index is 13.0. The molecule has 160 valence electrons. The molecule has 1 unspecified atom stereocenters. The Balaban J connectivity index is 1.82. The molecule has 0 bridgehead atoms. The van der Waals surface area contributed by atoms with E-state index in [9.17, 15) is 9.59 Å². The molecule has 0 radical (unpaired) electrons. The molecule has 0 amide bonds. The zero-order valence-electron chi connectivity index (χ0n) is 17.6. The van der Waals surface area contributed by atoms with Crippen molar-refractivity contribution in [1.29, 1.82) is 0 Å². The summed E-state index contributed by atoms with van der Waals surface area (Å²) < 4.78 is 12.0. The molecule has 2 aromatic carbocycles. The number of nitrogens with zero attached hydrogens (tertiary/aromatic N) is 2. The normalized spacial score (nSPS) is 17.4. The average molecular weight is 420 g/mol. The minimum absolute atomic E-state index is 0.0226. The van der Waals surface area contributed by atoms with Crippen LogP contribution in [0.15, 0.2) is 72.9 Å². The Morgan fingerprint density at radius 1 is 0.935 bits per heavy atom. The third-order valence-corrected chi connectivity index (χ3v) is 5.52. The molecule has 7 nitrogen and oxygen atoms in total. The number of esters is 2. The number of rotatable bonds is 5. The monoisotopic (exact) mass is 420 g/mol. The van der Waals surface area contributed by atoms with Crippen molar-refractivity contribution in [2.75, 3.05) is 19.3 Å². The Labute approximate surface area is 180 Å². The number of hydroxylamine groups is 1. The van der Waals surface area contributed by atoms with Gasteiger partial charge in [0.2, 0.25) is 0 Å². The number of aromatic nitrogens is 1. The number of hydrogen-bond acceptors (Lipinski definition) is 6. The van der Waals surface area contributed by atoms with Crippen molar-refractivity contribution in [3.05, 3.63) is 78.5 Å². The first kappa shape index (κ1) is 20.7. The van der Waals surface area contributed by atoms with Crippen LogP contribution in [-0.4, -0.2) is 36.3 Å². The van der Waals surface area contributed by atoms with Crippen LogP contribution in [0.3, 0.4) is 0 Å². The summed E-state index contributed by atoms with van der Waals surface area (Å²) >= 11 is 0. The Bertz CT molecular complexity index is 1060. The first-order valence-corrected chi connectivity index (χ1v) is 9.94. The van der Waals surface area contributed by atoms with Crippen molar-refractivity contribution in [1.82, 2.24) is 4.57 Å². The number of anilines is 1. The van der Waals surface area contributed by atoms with Gasteiger partial charge in [0.05, 0.1) is 25.6 Å². The molecule has 1 aromatic heterocycles. The number of benzene rings is 2. The van der Waals surface area contributed by atoms with Crippen molar-refractivity contribution in [2.45, 2.75) is 25.1 Å². The van der Waals surface area contributed by atoms with Gasteiger partial charge in [-0.25, -0.2) is 19.5 Å². The van der Waals surface area contributed by atoms with E-state index in [4.69, 9.17) is 14.3 Å². The lowest BCUT2D eigenvalue weighted by Gasteiger charge is -2.32. The summed E-state index contributed by atoms with van der Waals surface area (Å²) in [6.45, 7) is 1.96. The summed E-state index contributed by atoms with van der Waals surface area (Å²) in [7, 11) is 2.50. The fraction of sp³-hybridized carbons (Fsp3) is 0.250. The highest BCUT2D eigenvalue weighted by Crippen LogP contribution is 2.44. The van der Waals surface area contributed by atoms with Crippen molar-refractivity contribution in [3.63, 3.8) is 0 Å². The van der Waals surface area contributed by atoms with Crippen LogP contribution in [-0.2, 0) is 23.9 Å². The summed E-state index contributed by atoms with van der Waals surface area (Å²) in [4.78, 5) is 32.3. The largest absolute Gasteiger partial charge is 0.467 e. The van der Waals surface area contributed by atoms with Crippen LogP contribution in [0.4, 0.5) is 5.69 Å². The van der Waals surface area contributed by atoms with Gasteiger partial charge in [0.25, 0.3) is 5.54 Å². The average Bonchev–Trinajstić information content (AvgIpc) is 3.45. The number of hydrogen-bond donors (Lipinski definition) is 0. The molecule has 2 heterocycles. The van der Waals surface area contributed by atoms with Crippen LogP contribution < -0.4 is 5.06 Å². The predicted molar refractivity (Wildman–Crippen MR) is 115 cm³/mol. The van der Waals surface area contributed by atoms with Crippen LogP contribution in [0.1, 0.15) is 18.2 Å². The van der Waals surface area contributed by atoms with E-state index in [2.05, 4.69) is 0 Å². The SMILES string of the molecule is COC(=O)C1(C(=O)OC)CC(n2cccc2-c2ccccc2)ON1c1ccc(C)cc1. The molecule has 4 rings (SSSR count). The quantitative estimate of drug-likeness (QED) is 0.461. The Hall–Kier alpha value is -3.58. The van der Waals surface area contributed by atoms with Crippen LogP contribution >= 0.6 is 0 Å². The number of carbonyl (C=O) groups is 2. The number of carbonyl (C=O) groups excluding carboxylic acids is 2. The molecule has 0 aliphatic carbocycles. The third kappa shape index (κ3) is 3.47. The van der Waals surface area contributed by atoms with Crippen molar-refractivity contribution in [3.8, 4) is 11.3 Å². The van der Waals surface area contributed by atoms with E-state index in [1.54, 1.807) is 12.1 Å². The van der Waals surface area contributed by atoms with Gasteiger partial charge < -0.3 is 14.0 Å². The van der Waals surface area contributed by atoms with Gasteiger partial charge in [-0.3, -0.25) is 0 Å². The Kier molecular flexibility index (Phi) is 5.52. The van der Waals surface area contributed by atoms with E-state index in [1.807, 2.05) is 72.3 Å². The molecule has 31 heavy (non-hydrogen) atoms. The molecule has 3 aromatic rings. The third-order valence-electron chi connectivity index (χ3n) is 5.52. The molecular weight excluding hydrogens is 396 g/mol. The molecule has 0 saturated carbocycles. The van der Waals surface area contributed by atoms with Crippen LogP contribution in [0.25, 0.3) is 11.3 Å². The molecule has 1 aliphatic heterocycles. The van der Waals surface area contributed by atoms with Crippen LogP contribution in [0.5, 0.6) is 0 Å².